The molecular formula is C26H31Cl3N2O2. The second kappa shape index (κ2) is 11.5. The molecule has 2 atom stereocenters. The normalized spacial score (nSPS) is 13.5. The summed E-state index contributed by atoms with van der Waals surface area (Å²) in [6, 6.07) is 11.9. The van der Waals surface area contributed by atoms with Gasteiger partial charge in [0.2, 0.25) is 0 Å². The van der Waals surface area contributed by atoms with E-state index < -0.39 is 0 Å². The number of nitrogens with zero attached hydrogens (tertiary/aromatic N) is 2. The van der Waals surface area contributed by atoms with E-state index >= 15 is 0 Å². The lowest BCUT2D eigenvalue weighted by atomic mass is 9.78. The minimum atomic E-state index is -0.303. The quantitative estimate of drug-likeness (QED) is 0.251. The fourth-order valence-electron chi connectivity index (χ4n) is 3.50. The molecule has 0 aliphatic carbocycles. The highest BCUT2D eigenvalue weighted by Gasteiger charge is 2.25. The average molecular weight is 510 g/mol. The zero-order valence-corrected chi connectivity index (χ0v) is 21.8. The van der Waals surface area contributed by atoms with E-state index in [1.807, 2.05) is 54.3 Å². The number of alkyl halides is 1. The van der Waals surface area contributed by atoms with E-state index in [1.165, 1.54) is 0 Å². The molecule has 33 heavy (non-hydrogen) atoms. The number of imidazole rings is 1. The first-order valence-electron chi connectivity index (χ1n) is 11.1. The van der Waals surface area contributed by atoms with Gasteiger partial charge in [-0.2, -0.15) is 0 Å². The molecule has 0 aliphatic rings. The third-order valence-corrected chi connectivity index (χ3v) is 6.82. The number of hydrogen-bond acceptors (Lipinski definition) is 3. The standard InChI is InChI=1S/C26H31Cl3N2O2/c1-18(13-27)15-32-24-7-5-20(11-22(24)28)26(3,4)21-6-8-25(23(29)12-21)33-16-19(2)14-31-10-9-30-17-31/h5-12,17-19H,13-16H2,1-4H3/t18-,19+/m1/s1. The van der Waals surface area contributed by atoms with Crippen molar-refractivity contribution >= 4 is 34.8 Å². The monoisotopic (exact) mass is 508 g/mol. The predicted octanol–water partition coefficient (Wildman–Crippen LogP) is 7.48. The van der Waals surface area contributed by atoms with Crippen molar-refractivity contribution in [2.45, 2.75) is 39.7 Å². The summed E-state index contributed by atoms with van der Waals surface area (Å²) in [5.74, 6) is 2.48. The van der Waals surface area contributed by atoms with Gasteiger partial charge in [-0.3, -0.25) is 0 Å². The molecule has 3 rings (SSSR count). The van der Waals surface area contributed by atoms with Crippen LogP contribution in [0, 0.1) is 11.8 Å². The first-order chi connectivity index (χ1) is 15.7. The van der Waals surface area contributed by atoms with Crippen molar-refractivity contribution in [3.05, 3.63) is 76.3 Å². The van der Waals surface area contributed by atoms with Crippen molar-refractivity contribution in [2.75, 3.05) is 19.1 Å². The van der Waals surface area contributed by atoms with Crippen LogP contribution in [0.15, 0.2) is 55.1 Å². The third-order valence-electron chi connectivity index (χ3n) is 5.70. The van der Waals surface area contributed by atoms with Crippen LogP contribution in [0.25, 0.3) is 0 Å². The number of benzene rings is 2. The van der Waals surface area contributed by atoms with Crippen molar-refractivity contribution in [3.8, 4) is 11.5 Å². The maximum absolute atomic E-state index is 6.59. The van der Waals surface area contributed by atoms with E-state index in [0.717, 1.165) is 17.7 Å². The lowest BCUT2D eigenvalue weighted by molar-refractivity contribution is 0.244. The molecule has 0 N–H and O–H groups in total. The Morgan fingerprint density at radius 2 is 1.45 bits per heavy atom. The Bertz CT molecular complexity index is 1040. The van der Waals surface area contributed by atoms with Crippen LogP contribution in [0.3, 0.4) is 0 Å². The molecule has 0 saturated heterocycles. The molecule has 0 radical (unpaired) electrons. The Labute approximate surface area is 211 Å². The summed E-state index contributed by atoms with van der Waals surface area (Å²) in [4.78, 5) is 4.08. The fourth-order valence-corrected chi connectivity index (χ4v) is 4.06. The smallest absolute Gasteiger partial charge is 0.137 e. The van der Waals surface area contributed by atoms with Gasteiger partial charge >= 0.3 is 0 Å². The van der Waals surface area contributed by atoms with Crippen LogP contribution in [-0.4, -0.2) is 28.6 Å². The topological polar surface area (TPSA) is 36.3 Å². The van der Waals surface area contributed by atoms with Gasteiger partial charge in [-0.15, -0.1) is 11.6 Å². The molecule has 7 heteroatoms. The zero-order chi connectivity index (χ0) is 24.0. The van der Waals surface area contributed by atoms with Crippen LogP contribution < -0.4 is 9.47 Å². The number of ether oxygens (including phenoxy) is 2. The van der Waals surface area contributed by atoms with Crippen molar-refractivity contribution in [1.82, 2.24) is 9.55 Å². The molecule has 0 spiro atoms. The Morgan fingerprint density at radius 1 is 0.909 bits per heavy atom. The van der Waals surface area contributed by atoms with Crippen molar-refractivity contribution in [1.29, 1.82) is 0 Å². The molecule has 2 aromatic carbocycles. The van der Waals surface area contributed by atoms with Gasteiger partial charge in [0.1, 0.15) is 11.5 Å². The number of aromatic nitrogens is 2. The summed E-state index contributed by atoms with van der Waals surface area (Å²) in [5.41, 5.74) is 1.85. The summed E-state index contributed by atoms with van der Waals surface area (Å²) < 4.78 is 13.9. The summed E-state index contributed by atoms with van der Waals surface area (Å²) in [7, 11) is 0. The van der Waals surface area contributed by atoms with Gasteiger partial charge in [-0.25, -0.2) is 4.98 Å². The molecule has 3 aromatic rings. The van der Waals surface area contributed by atoms with E-state index in [4.69, 9.17) is 44.3 Å². The van der Waals surface area contributed by atoms with Crippen molar-refractivity contribution in [2.24, 2.45) is 11.8 Å². The van der Waals surface area contributed by atoms with Crippen LogP contribution in [0.1, 0.15) is 38.8 Å². The highest BCUT2D eigenvalue weighted by molar-refractivity contribution is 6.32. The van der Waals surface area contributed by atoms with Gasteiger partial charge in [-0.1, -0.05) is 63.0 Å². The summed E-state index contributed by atoms with van der Waals surface area (Å²) in [5, 5.41) is 1.18. The maximum atomic E-state index is 6.59. The number of halogens is 3. The molecule has 0 unspecified atom stereocenters. The Kier molecular flexibility index (Phi) is 8.97. The zero-order valence-electron chi connectivity index (χ0n) is 19.5. The number of hydrogen-bond donors (Lipinski definition) is 0. The first kappa shape index (κ1) is 25.7. The molecule has 0 saturated carbocycles. The second-order valence-corrected chi connectivity index (χ2v) is 10.3. The first-order valence-corrected chi connectivity index (χ1v) is 12.4. The van der Waals surface area contributed by atoms with Crippen LogP contribution in [0.2, 0.25) is 10.0 Å². The van der Waals surface area contributed by atoms with E-state index in [1.54, 1.807) is 6.20 Å². The van der Waals surface area contributed by atoms with Gasteiger partial charge in [0.15, 0.2) is 0 Å². The minimum Gasteiger partial charge on any atom is -0.492 e. The van der Waals surface area contributed by atoms with Gasteiger partial charge < -0.3 is 14.0 Å². The highest BCUT2D eigenvalue weighted by Crippen LogP contribution is 2.38. The third kappa shape index (κ3) is 6.81. The molecule has 0 bridgehead atoms. The minimum absolute atomic E-state index is 0.260. The van der Waals surface area contributed by atoms with E-state index in [2.05, 4.69) is 31.8 Å². The lowest BCUT2D eigenvalue weighted by Gasteiger charge is -2.27. The predicted molar refractivity (Wildman–Crippen MR) is 137 cm³/mol. The largest absolute Gasteiger partial charge is 0.492 e. The SMILES string of the molecule is C[C@H](CCl)COc1ccc(C(C)(C)c2ccc(OC[C@@H](C)Cn3ccnc3)c(Cl)c2)cc1Cl. The summed E-state index contributed by atoms with van der Waals surface area (Å²) in [6.45, 7) is 10.4. The Morgan fingerprint density at radius 3 is 1.91 bits per heavy atom. The Balaban J connectivity index is 1.68. The molecule has 1 heterocycles. The van der Waals surface area contributed by atoms with Gasteiger partial charge in [0.25, 0.3) is 0 Å². The molecule has 1 aromatic heterocycles. The van der Waals surface area contributed by atoms with Crippen LogP contribution in [0.4, 0.5) is 0 Å². The van der Waals surface area contributed by atoms with Crippen LogP contribution >= 0.6 is 34.8 Å². The van der Waals surface area contributed by atoms with Crippen LogP contribution in [-0.2, 0) is 12.0 Å². The van der Waals surface area contributed by atoms with E-state index in [0.29, 0.717) is 46.6 Å². The van der Waals surface area contributed by atoms with Crippen LogP contribution in [0.5, 0.6) is 11.5 Å². The second-order valence-electron chi connectivity index (χ2n) is 9.16. The molecule has 0 aliphatic heterocycles. The highest BCUT2D eigenvalue weighted by atomic mass is 35.5. The average Bonchev–Trinajstić information content (AvgIpc) is 3.30. The van der Waals surface area contributed by atoms with E-state index in [-0.39, 0.29) is 11.3 Å². The van der Waals surface area contributed by atoms with E-state index in [9.17, 15) is 0 Å². The number of rotatable bonds is 11. The Hall–Kier alpha value is -1.88. The van der Waals surface area contributed by atoms with Gasteiger partial charge in [0.05, 0.1) is 29.6 Å². The van der Waals surface area contributed by atoms with Crippen molar-refractivity contribution < 1.29 is 9.47 Å². The molecule has 4 nitrogen and oxygen atoms in total. The molecule has 178 valence electrons. The van der Waals surface area contributed by atoms with Crippen molar-refractivity contribution in [3.63, 3.8) is 0 Å². The molecule has 0 fully saturated rings. The summed E-state index contributed by atoms with van der Waals surface area (Å²) in [6.07, 6.45) is 5.54. The molecule has 0 amide bonds. The van der Waals surface area contributed by atoms with Gasteiger partial charge in [-0.05, 0) is 35.4 Å². The fraction of sp³-hybridized carbons (Fsp3) is 0.423. The molecular weight excluding hydrogens is 479 g/mol. The van der Waals surface area contributed by atoms with Gasteiger partial charge in [0, 0.05) is 42.1 Å². The summed E-state index contributed by atoms with van der Waals surface area (Å²) >= 11 is 19.0. The maximum Gasteiger partial charge on any atom is 0.137 e. The lowest BCUT2D eigenvalue weighted by Crippen LogP contribution is -2.19.